The molecule has 0 radical (unpaired) electrons. The van der Waals surface area contributed by atoms with E-state index in [-0.39, 0.29) is 6.03 Å². The molecule has 2 amide bonds. The molecule has 0 unspecified atom stereocenters. The number of anilines is 2. The van der Waals surface area contributed by atoms with E-state index in [0.29, 0.717) is 34.3 Å². The van der Waals surface area contributed by atoms with Crippen LogP contribution in [0, 0.1) is 11.3 Å². The van der Waals surface area contributed by atoms with Gasteiger partial charge in [-0.3, -0.25) is 0 Å². The molecule has 3 aromatic rings. The van der Waals surface area contributed by atoms with Gasteiger partial charge in [0.15, 0.2) is 0 Å². The van der Waals surface area contributed by atoms with Gasteiger partial charge < -0.3 is 15.4 Å². The van der Waals surface area contributed by atoms with Crippen LogP contribution in [0.15, 0.2) is 72.8 Å². The highest BCUT2D eigenvalue weighted by atomic mass is 35.5. The Morgan fingerprint density at radius 2 is 1.67 bits per heavy atom. The number of benzene rings is 3. The Labute approximate surface area is 162 Å². The van der Waals surface area contributed by atoms with Gasteiger partial charge in [-0.1, -0.05) is 29.8 Å². The third kappa shape index (κ3) is 5.50. The van der Waals surface area contributed by atoms with Crippen LogP contribution in [0.5, 0.6) is 5.75 Å². The highest BCUT2D eigenvalue weighted by molar-refractivity contribution is 6.30. The molecule has 0 saturated carbocycles. The lowest BCUT2D eigenvalue weighted by Crippen LogP contribution is -2.19. The van der Waals surface area contributed by atoms with Crippen LogP contribution in [-0.4, -0.2) is 6.03 Å². The Bertz CT molecular complexity index is 964. The van der Waals surface area contributed by atoms with E-state index in [1.807, 2.05) is 30.3 Å². The zero-order valence-electron chi connectivity index (χ0n) is 14.3. The molecule has 134 valence electrons. The van der Waals surface area contributed by atoms with Gasteiger partial charge in [0.25, 0.3) is 0 Å². The Balaban J connectivity index is 1.53. The second kappa shape index (κ2) is 8.75. The first-order chi connectivity index (χ1) is 13.1. The number of ether oxygens (including phenoxy) is 1. The number of hydrogen-bond donors (Lipinski definition) is 2. The standard InChI is InChI=1S/C21H16ClN3O2/c22-17-6-4-15(5-7-17)14-27-20-10-8-18(9-11-20)24-21(26)25-19-3-1-2-16(12-19)13-23/h1-12H,14H2,(H2,24,25,26). The first kappa shape index (κ1) is 18.3. The molecule has 0 heterocycles. The van der Waals surface area contributed by atoms with Crippen LogP contribution in [0.3, 0.4) is 0 Å². The van der Waals surface area contributed by atoms with E-state index in [1.54, 1.807) is 48.5 Å². The summed E-state index contributed by atoms with van der Waals surface area (Å²) in [5.74, 6) is 0.692. The van der Waals surface area contributed by atoms with Crippen molar-refractivity contribution in [1.29, 1.82) is 5.26 Å². The molecule has 0 aromatic heterocycles. The third-order valence-electron chi connectivity index (χ3n) is 3.68. The lowest BCUT2D eigenvalue weighted by Gasteiger charge is -2.10. The number of carbonyl (C=O) groups is 1. The third-order valence-corrected chi connectivity index (χ3v) is 3.93. The number of carbonyl (C=O) groups excluding carboxylic acids is 1. The van der Waals surface area contributed by atoms with E-state index in [4.69, 9.17) is 21.6 Å². The van der Waals surface area contributed by atoms with Gasteiger partial charge in [-0.05, 0) is 60.2 Å². The summed E-state index contributed by atoms with van der Waals surface area (Å²) in [6.07, 6.45) is 0. The van der Waals surface area contributed by atoms with Gasteiger partial charge >= 0.3 is 6.03 Å². The minimum absolute atomic E-state index is 0.389. The van der Waals surface area contributed by atoms with Crippen molar-refractivity contribution in [2.24, 2.45) is 0 Å². The second-order valence-corrected chi connectivity index (χ2v) is 6.15. The van der Waals surface area contributed by atoms with Crippen LogP contribution in [0.1, 0.15) is 11.1 Å². The van der Waals surface area contributed by atoms with Gasteiger partial charge in [0, 0.05) is 16.4 Å². The summed E-state index contributed by atoms with van der Waals surface area (Å²) in [4.78, 5) is 12.1. The fraction of sp³-hybridized carbons (Fsp3) is 0.0476. The number of urea groups is 1. The summed E-state index contributed by atoms with van der Waals surface area (Å²) in [5.41, 5.74) is 2.67. The SMILES string of the molecule is N#Cc1cccc(NC(=O)Nc2ccc(OCc3ccc(Cl)cc3)cc2)c1. The predicted molar refractivity (Wildman–Crippen MR) is 106 cm³/mol. The summed E-state index contributed by atoms with van der Waals surface area (Å²) in [6.45, 7) is 0.430. The smallest absolute Gasteiger partial charge is 0.323 e. The molecule has 3 aromatic carbocycles. The summed E-state index contributed by atoms with van der Waals surface area (Å²) >= 11 is 5.86. The topological polar surface area (TPSA) is 74.2 Å². The van der Waals surface area contributed by atoms with Crippen LogP contribution < -0.4 is 15.4 Å². The molecule has 0 atom stereocenters. The highest BCUT2D eigenvalue weighted by Crippen LogP contribution is 2.18. The fourth-order valence-corrected chi connectivity index (χ4v) is 2.47. The second-order valence-electron chi connectivity index (χ2n) is 5.71. The van der Waals surface area contributed by atoms with Crippen LogP contribution >= 0.6 is 11.6 Å². The molecule has 5 nitrogen and oxygen atoms in total. The number of nitriles is 1. The number of hydrogen-bond acceptors (Lipinski definition) is 3. The summed E-state index contributed by atoms with van der Waals surface area (Å²) in [5, 5.41) is 15.0. The predicted octanol–water partition coefficient (Wildman–Crippen LogP) is 5.43. The summed E-state index contributed by atoms with van der Waals surface area (Å²) < 4.78 is 5.71. The number of halogens is 1. The van der Waals surface area contributed by atoms with Crippen molar-refractivity contribution in [1.82, 2.24) is 0 Å². The maximum atomic E-state index is 12.1. The molecule has 6 heteroatoms. The lowest BCUT2D eigenvalue weighted by molar-refractivity contribution is 0.262. The summed E-state index contributed by atoms with van der Waals surface area (Å²) in [7, 11) is 0. The maximum absolute atomic E-state index is 12.1. The Morgan fingerprint density at radius 3 is 2.37 bits per heavy atom. The quantitative estimate of drug-likeness (QED) is 0.622. The van der Waals surface area contributed by atoms with Gasteiger partial charge in [0.05, 0.1) is 11.6 Å². The van der Waals surface area contributed by atoms with Gasteiger partial charge in [0.2, 0.25) is 0 Å². The Morgan fingerprint density at radius 1 is 0.963 bits per heavy atom. The van der Waals surface area contributed by atoms with E-state index in [1.165, 1.54) is 0 Å². The van der Waals surface area contributed by atoms with Gasteiger partial charge in [-0.15, -0.1) is 0 Å². The molecular weight excluding hydrogens is 362 g/mol. The van der Waals surface area contributed by atoms with Crippen molar-refractivity contribution < 1.29 is 9.53 Å². The molecule has 0 fully saturated rings. The van der Waals surface area contributed by atoms with Crippen molar-refractivity contribution in [3.63, 3.8) is 0 Å². The van der Waals surface area contributed by atoms with E-state index in [0.717, 1.165) is 5.56 Å². The summed E-state index contributed by atoms with van der Waals surface area (Å²) in [6, 6.07) is 22.9. The number of nitrogens with one attached hydrogen (secondary N) is 2. The van der Waals surface area contributed by atoms with Crippen molar-refractivity contribution >= 4 is 29.0 Å². The lowest BCUT2D eigenvalue weighted by atomic mass is 10.2. The van der Waals surface area contributed by atoms with Crippen LogP contribution in [0.25, 0.3) is 0 Å². The first-order valence-corrected chi connectivity index (χ1v) is 8.56. The molecular formula is C21H16ClN3O2. The van der Waals surface area contributed by atoms with Crippen LogP contribution in [-0.2, 0) is 6.61 Å². The zero-order chi connectivity index (χ0) is 19.1. The van der Waals surface area contributed by atoms with Crippen LogP contribution in [0.4, 0.5) is 16.2 Å². The van der Waals surface area contributed by atoms with Gasteiger partial charge in [0.1, 0.15) is 12.4 Å². The van der Waals surface area contributed by atoms with E-state index >= 15 is 0 Å². The molecule has 0 aliphatic carbocycles. The Kier molecular flexibility index (Phi) is 5.93. The average molecular weight is 378 g/mol. The van der Waals surface area contributed by atoms with Gasteiger partial charge in [-0.25, -0.2) is 4.79 Å². The molecule has 0 aliphatic heterocycles. The Hall–Kier alpha value is -3.49. The molecule has 3 rings (SSSR count). The van der Waals surface area contributed by atoms with Gasteiger partial charge in [-0.2, -0.15) is 5.26 Å². The number of amides is 2. The number of rotatable bonds is 5. The molecule has 0 saturated heterocycles. The average Bonchev–Trinajstić information content (AvgIpc) is 2.69. The van der Waals surface area contributed by atoms with Crippen molar-refractivity contribution in [3.05, 3.63) is 88.9 Å². The van der Waals surface area contributed by atoms with Crippen molar-refractivity contribution in [2.45, 2.75) is 6.61 Å². The fourth-order valence-electron chi connectivity index (χ4n) is 2.34. The minimum Gasteiger partial charge on any atom is -0.489 e. The first-order valence-electron chi connectivity index (χ1n) is 8.18. The minimum atomic E-state index is -0.389. The zero-order valence-corrected chi connectivity index (χ0v) is 15.0. The van der Waals surface area contributed by atoms with E-state index in [2.05, 4.69) is 10.6 Å². The van der Waals surface area contributed by atoms with E-state index < -0.39 is 0 Å². The van der Waals surface area contributed by atoms with Crippen molar-refractivity contribution in [2.75, 3.05) is 10.6 Å². The molecule has 27 heavy (non-hydrogen) atoms. The molecule has 2 N–H and O–H groups in total. The van der Waals surface area contributed by atoms with Crippen molar-refractivity contribution in [3.8, 4) is 11.8 Å². The maximum Gasteiger partial charge on any atom is 0.323 e. The number of nitrogens with zero attached hydrogens (tertiary/aromatic N) is 1. The molecule has 0 spiro atoms. The van der Waals surface area contributed by atoms with Crippen LogP contribution in [0.2, 0.25) is 5.02 Å². The monoisotopic (exact) mass is 377 g/mol. The molecule has 0 bridgehead atoms. The highest BCUT2D eigenvalue weighted by Gasteiger charge is 2.04. The largest absolute Gasteiger partial charge is 0.489 e. The van der Waals surface area contributed by atoms with E-state index in [9.17, 15) is 4.79 Å². The normalized spacial score (nSPS) is 9.93. The molecule has 0 aliphatic rings.